The van der Waals surface area contributed by atoms with Gasteiger partial charge in [-0.3, -0.25) is 14.4 Å². The van der Waals surface area contributed by atoms with Crippen molar-refractivity contribution >= 4 is 68.7 Å². The highest BCUT2D eigenvalue weighted by molar-refractivity contribution is 7.17. The summed E-state index contributed by atoms with van der Waals surface area (Å²) in [5.74, 6) is 0.387. The number of thiophene rings is 1. The quantitative estimate of drug-likeness (QED) is 0.0340. The minimum atomic E-state index is -0.537. The van der Waals surface area contributed by atoms with Crippen molar-refractivity contribution in [2.45, 2.75) is 103 Å². The summed E-state index contributed by atoms with van der Waals surface area (Å²) in [5.41, 5.74) is 3.25. The van der Waals surface area contributed by atoms with Crippen LogP contribution in [0, 0.1) is 12.8 Å². The molecule has 3 aromatic rings. The molecule has 1 saturated carbocycles. The number of carbonyl (C=O) groups is 5. The van der Waals surface area contributed by atoms with Crippen molar-refractivity contribution in [1.29, 1.82) is 0 Å². The van der Waals surface area contributed by atoms with Gasteiger partial charge in [-0.1, -0.05) is 37.8 Å². The summed E-state index contributed by atoms with van der Waals surface area (Å²) < 4.78 is 34.7. The Hall–Kier alpha value is -4.46. The van der Waals surface area contributed by atoms with E-state index >= 15 is 0 Å². The average molecular weight is 992 g/mol. The molecule has 1 aliphatic rings. The van der Waals surface area contributed by atoms with Gasteiger partial charge in [0, 0.05) is 56.3 Å². The zero-order valence-electron chi connectivity index (χ0n) is 40.2. The number of carbonyl (C=O) groups excluding carboxylic acids is 5. The molecule has 5 amide bonds. The first-order valence-electron chi connectivity index (χ1n) is 24.4. The SMILES string of the molecule is CCN(C(=O)Cn1c(C(=O)NC2CCC(C(=O)NCCCCCCNC(=O)OCCOCCOCCOC(=O)NCCOCCOCCCCCCCl)CC2)cc2sccc21)c1cccc(C)c1. The number of alkyl halides is 1. The summed E-state index contributed by atoms with van der Waals surface area (Å²) >= 11 is 7.20. The largest absolute Gasteiger partial charge is 0.447 e. The molecule has 2 heterocycles. The fraction of sp³-hybridized carbons (Fsp3) is 0.653. The van der Waals surface area contributed by atoms with Crippen molar-refractivity contribution in [3.05, 3.63) is 53.0 Å². The second kappa shape index (κ2) is 33.9. The van der Waals surface area contributed by atoms with Crippen LogP contribution in [0.2, 0.25) is 0 Å². The molecule has 4 N–H and O–H groups in total. The maximum Gasteiger partial charge on any atom is 0.407 e. The van der Waals surface area contributed by atoms with E-state index in [9.17, 15) is 24.0 Å². The van der Waals surface area contributed by atoms with Gasteiger partial charge in [0.15, 0.2) is 0 Å². The second-order valence-electron chi connectivity index (χ2n) is 16.7. The Morgan fingerprint density at radius 3 is 1.96 bits per heavy atom. The molecule has 0 atom stereocenters. The van der Waals surface area contributed by atoms with Crippen molar-refractivity contribution in [2.75, 3.05) is 103 Å². The first kappa shape index (κ1) is 56.1. The van der Waals surface area contributed by atoms with Crippen molar-refractivity contribution in [2.24, 2.45) is 5.92 Å². The molecule has 4 rings (SSSR count). The van der Waals surface area contributed by atoms with Gasteiger partial charge < -0.3 is 59.2 Å². The minimum absolute atomic E-state index is 0.0466. The zero-order valence-corrected chi connectivity index (χ0v) is 41.7. The molecule has 1 aliphatic carbocycles. The van der Waals surface area contributed by atoms with Crippen LogP contribution in [0.3, 0.4) is 0 Å². The molecule has 0 bridgehead atoms. The molecule has 380 valence electrons. The summed E-state index contributed by atoms with van der Waals surface area (Å²) in [5, 5.41) is 13.6. The molecule has 1 fully saturated rings. The number of alkyl carbamates (subject to hydrolysis) is 2. The average Bonchev–Trinajstić information content (AvgIpc) is 3.94. The van der Waals surface area contributed by atoms with Crippen LogP contribution in [0.4, 0.5) is 15.3 Å². The van der Waals surface area contributed by atoms with Crippen molar-refractivity contribution in [1.82, 2.24) is 25.8 Å². The van der Waals surface area contributed by atoms with Gasteiger partial charge in [0.05, 0.1) is 56.5 Å². The number of hydrogen-bond donors (Lipinski definition) is 4. The molecule has 19 heteroatoms. The Labute approximate surface area is 410 Å². The van der Waals surface area contributed by atoms with Gasteiger partial charge in [-0.05, 0) is 100 Å². The zero-order chi connectivity index (χ0) is 48.6. The lowest BCUT2D eigenvalue weighted by molar-refractivity contribution is -0.126. The maximum absolute atomic E-state index is 13.6. The standard InChI is InChI=1S/C49H75ClN6O11S/c1-3-55(41-14-12-13-38(2)35-41)45(57)37-56-42-19-34-68-44(42)36-43(56)47(59)54-40-17-15-39(16-18-40)46(58)51-21-9-5-6-10-22-52-48(60)66-32-30-64-28-29-65-31-33-67-49(61)53-23-25-63-27-26-62-24-11-7-4-8-20-50/h12-14,19,34-36,39-40H,3-11,15-18,20-33,37H2,1-2H3,(H,51,58)(H,52,60)(H,53,61)(H,54,59). The summed E-state index contributed by atoms with van der Waals surface area (Å²) in [6, 6.07) is 11.6. The number of aromatic nitrogens is 1. The molecule has 0 radical (unpaired) electrons. The van der Waals surface area contributed by atoms with Crippen molar-refractivity contribution in [3.8, 4) is 0 Å². The first-order valence-corrected chi connectivity index (χ1v) is 25.8. The maximum atomic E-state index is 13.6. The van der Waals surface area contributed by atoms with Crippen LogP contribution in [0.25, 0.3) is 10.2 Å². The first-order chi connectivity index (χ1) is 33.2. The highest BCUT2D eigenvalue weighted by Crippen LogP contribution is 2.28. The van der Waals surface area contributed by atoms with E-state index in [2.05, 4.69) is 21.3 Å². The lowest BCUT2D eigenvalue weighted by atomic mass is 9.85. The van der Waals surface area contributed by atoms with Crippen LogP contribution >= 0.6 is 22.9 Å². The van der Waals surface area contributed by atoms with Crippen molar-refractivity contribution in [3.63, 3.8) is 0 Å². The van der Waals surface area contributed by atoms with Crippen LogP contribution in [0.5, 0.6) is 0 Å². The molecule has 0 aliphatic heterocycles. The smallest absolute Gasteiger partial charge is 0.407 e. The summed E-state index contributed by atoms with van der Waals surface area (Å²) in [6.07, 6.45) is 9.53. The van der Waals surface area contributed by atoms with Crippen LogP contribution in [-0.4, -0.2) is 139 Å². The van der Waals surface area contributed by atoms with Gasteiger partial charge in [-0.2, -0.15) is 0 Å². The molecule has 2 aromatic heterocycles. The van der Waals surface area contributed by atoms with E-state index < -0.39 is 12.2 Å². The fourth-order valence-electron chi connectivity index (χ4n) is 7.77. The number of aryl methyl sites for hydroxylation is 1. The summed E-state index contributed by atoms with van der Waals surface area (Å²) in [6.45, 7) is 9.32. The Morgan fingerprint density at radius 2 is 1.29 bits per heavy atom. The molecule has 17 nitrogen and oxygen atoms in total. The van der Waals surface area contributed by atoms with Gasteiger partial charge in [-0.15, -0.1) is 22.9 Å². The molecule has 0 unspecified atom stereocenters. The number of halogens is 1. The number of rotatable bonds is 35. The minimum Gasteiger partial charge on any atom is -0.447 e. The van der Waals surface area contributed by atoms with Gasteiger partial charge in [0.2, 0.25) is 11.8 Å². The van der Waals surface area contributed by atoms with Crippen molar-refractivity contribution < 1.29 is 52.4 Å². The van der Waals surface area contributed by atoms with Gasteiger partial charge in [-0.25, -0.2) is 9.59 Å². The number of nitrogens with zero attached hydrogens (tertiary/aromatic N) is 2. The van der Waals surface area contributed by atoms with E-state index in [1.165, 1.54) is 0 Å². The van der Waals surface area contributed by atoms with Crippen LogP contribution < -0.4 is 26.2 Å². The molecular weight excluding hydrogens is 916 g/mol. The molecular formula is C49H75ClN6O11S. The number of ether oxygens (including phenoxy) is 6. The molecule has 1 aromatic carbocycles. The van der Waals surface area contributed by atoms with Gasteiger partial charge >= 0.3 is 12.2 Å². The number of likely N-dealkylation sites (N-methyl/N-ethyl adjacent to an activating group) is 1. The third-order valence-electron chi connectivity index (χ3n) is 11.4. The molecule has 68 heavy (non-hydrogen) atoms. The molecule has 0 saturated heterocycles. The number of fused-ring (bicyclic) bond motifs is 1. The number of amides is 5. The second-order valence-corrected chi connectivity index (χ2v) is 18.0. The number of hydrogen-bond acceptors (Lipinski definition) is 12. The monoisotopic (exact) mass is 990 g/mol. The third kappa shape index (κ3) is 21.9. The predicted molar refractivity (Wildman–Crippen MR) is 265 cm³/mol. The highest BCUT2D eigenvalue weighted by Gasteiger charge is 2.29. The number of anilines is 1. The van der Waals surface area contributed by atoms with E-state index in [1.54, 1.807) is 16.2 Å². The van der Waals surface area contributed by atoms with Gasteiger partial charge in [0.25, 0.3) is 5.91 Å². The normalized spacial score (nSPS) is 14.6. The number of nitrogens with one attached hydrogen (secondary N) is 4. The third-order valence-corrected chi connectivity index (χ3v) is 12.6. The molecule has 0 spiro atoms. The van der Waals surface area contributed by atoms with E-state index in [4.69, 9.17) is 40.0 Å². The lowest BCUT2D eigenvalue weighted by Gasteiger charge is -2.28. The lowest BCUT2D eigenvalue weighted by Crippen LogP contribution is -2.42. The number of benzene rings is 1. The Morgan fingerprint density at radius 1 is 0.691 bits per heavy atom. The topological polar surface area (TPSA) is 197 Å². The Bertz CT molecular complexity index is 1920. The summed E-state index contributed by atoms with van der Waals surface area (Å²) in [7, 11) is 0. The van der Waals surface area contributed by atoms with E-state index in [1.807, 2.05) is 60.2 Å². The van der Waals surface area contributed by atoms with Crippen LogP contribution in [0.15, 0.2) is 41.8 Å². The van der Waals surface area contributed by atoms with Crippen LogP contribution in [0.1, 0.15) is 100 Å². The Balaban J connectivity index is 0.926. The summed E-state index contributed by atoms with van der Waals surface area (Å²) in [4.78, 5) is 65.6. The Kier molecular flexibility index (Phi) is 28.0. The number of unbranched alkanes of at least 4 members (excludes halogenated alkanes) is 6. The van der Waals surface area contributed by atoms with Gasteiger partial charge in [0.1, 0.15) is 25.5 Å². The van der Waals surface area contributed by atoms with Crippen LogP contribution in [-0.2, 0) is 44.6 Å². The van der Waals surface area contributed by atoms with E-state index in [0.717, 1.165) is 72.8 Å². The van der Waals surface area contributed by atoms with E-state index in [-0.39, 0.29) is 62.7 Å². The predicted octanol–water partition coefficient (Wildman–Crippen LogP) is 7.35. The highest BCUT2D eigenvalue weighted by atomic mass is 35.5. The fourth-order valence-corrected chi connectivity index (χ4v) is 8.79. The van der Waals surface area contributed by atoms with E-state index in [0.29, 0.717) is 103 Å².